The molecule has 1 N–H and O–H groups in total. The van der Waals surface area contributed by atoms with E-state index in [1.165, 1.54) is 44.9 Å². The lowest BCUT2D eigenvalue weighted by molar-refractivity contribution is 0.0609. The Bertz CT molecular complexity index is 143. The van der Waals surface area contributed by atoms with E-state index in [2.05, 4.69) is 19.2 Å². The van der Waals surface area contributed by atoms with Crippen LogP contribution in [0.5, 0.6) is 0 Å². The third-order valence-electron chi connectivity index (χ3n) is 3.20. The first kappa shape index (κ1) is 13.0. The van der Waals surface area contributed by atoms with Gasteiger partial charge < -0.3 is 10.1 Å². The highest BCUT2D eigenvalue weighted by atomic mass is 16.5. The van der Waals surface area contributed by atoms with Crippen LogP contribution in [0.2, 0.25) is 0 Å². The standard InChI is InChI=1S/C13H27NO/c1-3-4-10-15-12(2)11-14-13-8-6-5-7-9-13/h12-14H,3-11H2,1-2H3. The van der Waals surface area contributed by atoms with E-state index in [1.54, 1.807) is 0 Å². The van der Waals surface area contributed by atoms with Gasteiger partial charge in [-0.1, -0.05) is 32.6 Å². The van der Waals surface area contributed by atoms with Gasteiger partial charge in [0.05, 0.1) is 6.10 Å². The van der Waals surface area contributed by atoms with Crippen LogP contribution in [0.3, 0.4) is 0 Å². The van der Waals surface area contributed by atoms with E-state index in [1.807, 2.05) is 0 Å². The smallest absolute Gasteiger partial charge is 0.0671 e. The average Bonchev–Trinajstić information content (AvgIpc) is 2.28. The maximum atomic E-state index is 5.71. The Morgan fingerprint density at radius 1 is 1.27 bits per heavy atom. The van der Waals surface area contributed by atoms with Crippen LogP contribution in [0.15, 0.2) is 0 Å². The molecule has 0 spiro atoms. The Morgan fingerprint density at radius 2 is 2.00 bits per heavy atom. The molecule has 2 heteroatoms. The molecule has 1 aliphatic carbocycles. The van der Waals surface area contributed by atoms with Crippen LogP contribution in [0.4, 0.5) is 0 Å². The number of nitrogens with one attached hydrogen (secondary N) is 1. The molecule has 0 aromatic rings. The summed E-state index contributed by atoms with van der Waals surface area (Å²) in [5, 5.41) is 3.62. The second-order valence-corrected chi connectivity index (χ2v) is 4.78. The number of unbranched alkanes of at least 4 members (excludes halogenated alkanes) is 1. The fourth-order valence-corrected chi connectivity index (χ4v) is 2.13. The Hall–Kier alpha value is -0.0800. The molecular weight excluding hydrogens is 186 g/mol. The zero-order valence-electron chi connectivity index (χ0n) is 10.4. The van der Waals surface area contributed by atoms with Crippen LogP contribution in [-0.2, 0) is 4.74 Å². The van der Waals surface area contributed by atoms with Crippen molar-refractivity contribution >= 4 is 0 Å². The third-order valence-corrected chi connectivity index (χ3v) is 3.20. The summed E-state index contributed by atoms with van der Waals surface area (Å²) in [5.74, 6) is 0. The molecule has 0 bridgehead atoms. The summed E-state index contributed by atoms with van der Waals surface area (Å²) >= 11 is 0. The monoisotopic (exact) mass is 213 g/mol. The summed E-state index contributed by atoms with van der Waals surface area (Å²) in [6.45, 7) is 6.32. The van der Waals surface area contributed by atoms with Crippen LogP contribution in [0.1, 0.15) is 58.8 Å². The van der Waals surface area contributed by atoms with Gasteiger partial charge in [-0.05, 0) is 26.2 Å². The zero-order chi connectivity index (χ0) is 10.9. The van der Waals surface area contributed by atoms with Gasteiger partial charge in [0, 0.05) is 19.2 Å². The number of hydrogen-bond donors (Lipinski definition) is 1. The maximum absolute atomic E-state index is 5.71. The third kappa shape index (κ3) is 6.16. The normalized spacial score (nSPS) is 20.4. The van der Waals surface area contributed by atoms with Crippen molar-refractivity contribution in [2.24, 2.45) is 0 Å². The molecule has 0 aliphatic heterocycles. The largest absolute Gasteiger partial charge is 0.377 e. The SMILES string of the molecule is CCCCOC(C)CNC1CCCCC1. The van der Waals surface area contributed by atoms with E-state index in [9.17, 15) is 0 Å². The number of hydrogen-bond acceptors (Lipinski definition) is 2. The van der Waals surface area contributed by atoms with Crippen LogP contribution < -0.4 is 5.32 Å². The van der Waals surface area contributed by atoms with Gasteiger partial charge in [0.25, 0.3) is 0 Å². The van der Waals surface area contributed by atoms with Gasteiger partial charge in [0.1, 0.15) is 0 Å². The molecule has 15 heavy (non-hydrogen) atoms. The summed E-state index contributed by atoms with van der Waals surface area (Å²) in [5.41, 5.74) is 0. The molecule has 90 valence electrons. The van der Waals surface area contributed by atoms with E-state index in [-0.39, 0.29) is 0 Å². The van der Waals surface area contributed by atoms with Gasteiger partial charge in [0.15, 0.2) is 0 Å². The first-order valence-corrected chi connectivity index (χ1v) is 6.68. The average molecular weight is 213 g/mol. The molecule has 1 fully saturated rings. The molecular formula is C13H27NO. The Morgan fingerprint density at radius 3 is 2.67 bits per heavy atom. The molecule has 1 aliphatic rings. The molecule has 0 heterocycles. The Kier molecular flexibility index (Phi) is 7.03. The molecule has 0 aromatic heterocycles. The van der Waals surface area contributed by atoms with Crippen molar-refractivity contribution in [3.05, 3.63) is 0 Å². The van der Waals surface area contributed by atoms with Crippen molar-refractivity contribution in [1.29, 1.82) is 0 Å². The molecule has 1 atom stereocenters. The summed E-state index contributed by atoms with van der Waals surface area (Å²) < 4.78 is 5.71. The van der Waals surface area contributed by atoms with Gasteiger partial charge in [-0.2, -0.15) is 0 Å². The summed E-state index contributed by atoms with van der Waals surface area (Å²) in [7, 11) is 0. The zero-order valence-corrected chi connectivity index (χ0v) is 10.4. The molecule has 0 radical (unpaired) electrons. The van der Waals surface area contributed by atoms with Crippen molar-refractivity contribution in [2.75, 3.05) is 13.2 Å². The lowest BCUT2D eigenvalue weighted by Crippen LogP contribution is -2.36. The van der Waals surface area contributed by atoms with Gasteiger partial charge in [0.2, 0.25) is 0 Å². The highest BCUT2D eigenvalue weighted by Gasteiger charge is 2.13. The minimum atomic E-state index is 0.374. The second-order valence-electron chi connectivity index (χ2n) is 4.78. The van der Waals surface area contributed by atoms with Crippen LogP contribution >= 0.6 is 0 Å². The molecule has 1 saturated carbocycles. The summed E-state index contributed by atoms with van der Waals surface area (Å²) in [6.07, 6.45) is 9.75. The van der Waals surface area contributed by atoms with Crippen LogP contribution in [-0.4, -0.2) is 25.3 Å². The quantitative estimate of drug-likeness (QED) is 0.656. The minimum Gasteiger partial charge on any atom is -0.377 e. The Balaban J connectivity index is 1.97. The van der Waals surface area contributed by atoms with Crippen molar-refractivity contribution in [3.63, 3.8) is 0 Å². The molecule has 1 unspecified atom stereocenters. The number of ether oxygens (including phenoxy) is 1. The van der Waals surface area contributed by atoms with Crippen molar-refractivity contribution in [2.45, 2.75) is 70.9 Å². The Labute approximate surface area is 94.8 Å². The van der Waals surface area contributed by atoms with Crippen LogP contribution in [0, 0.1) is 0 Å². The number of rotatable bonds is 7. The van der Waals surface area contributed by atoms with Gasteiger partial charge in [-0.25, -0.2) is 0 Å². The topological polar surface area (TPSA) is 21.3 Å². The van der Waals surface area contributed by atoms with E-state index in [0.717, 1.165) is 19.2 Å². The summed E-state index contributed by atoms with van der Waals surface area (Å²) in [4.78, 5) is 0. The molecule has 0 amide bonds. The minimum absolute atomic E-state index is 0.374. The second kappa shape index (κ2) is 8.12. The van der Waals surface area contributed by atoms with Gasteiger partial charge in [-0.15, -0.1) is 0 Å². The summed E-state index contributed by atoms with van der Waals surface area (Å²) in [6, 6.07) is 0.760. The predicted octanol–water partition coefficient (Wildman–Crippen LogP) is 3.11. The van der Waals surface area contributed by atoms with E-state index >= 15 is 0 Å². The van der Waals surface area contributed by atoms with E-state index < -0.39 is 0 Å². The van der Waals surface area contributed by atoms with Crippen LogP contribution in [0.25, 0.3) is 0 Å². The van der Waals surface area contributed by atoms with Gasteiger partial charge >= 0.3 is 0 Å². The fourth-order valence-electron chi connectivity index (χ4n) is 2.13. The molecule has 2 nitrogen and oxygen atoms in total. The maximum Gasteiger partial charge on any atom is 0.0671 e. The highest BCUT2D eigenvalue weighted by Crippen LogP contribution is 2.17. The van der Waals surface area contributed by atoms with E-state index in [0.29, 0.717) is 6.10 Å². The van der Waals surface area contributed by atoms with Gasteiger partial charge in [-0.3, -0.25) is 0 Å². The molecule has 1 rings (SSSR count). The molecule has 0 saturated heterocycles. The van der Waals surface area contributed by atoms with E-state index in [4.69, 9.17) is 4.74 Å². The van der Waals surface area contributed by atoms with Crippen molar-refractivity contribution in [1.82, 2.24) is 5.32 Å². The lowest BCUT2D eigenvalue weighted by Gasteiger charge is -2.24. The van der Waals surface area contributed by atoms with Crippen molar-refractivity contribution in [3.8, 4) is 0 Å². The fraction of sp³-hybridized carbons (Fsp3) is 1.00. The predicted molar refractivity (Wildman–Crippen MR) is 65.2 cm³/mol. The first-order chi connectivity index (χ1) is 7.33. The van der Waals surface area contributed by atoms with Crippen molar-refractivity contribution < 1.29 is 4.74 Å². The molecule has 0 aromatic carbocycles. The lowest BCUT2D eigenvalue weighted by atomic mass is 9.95. The first-order valence-electron chi connectivity index (χ1n) is 6.68. The highest BCUT2D eigenvalue weighted by molar-refractivity contribution is 4.72.